The Labute approximate surface area is 147 Å². The second-order valence-corrected chi connectivity index (χ2v) is 7.84. The second kappa shape index (κ2) is 5.72. The summed E-state index contributed by atoms with van der Waals surface area (Å²) in [6, 6.07) is 4.03. The molecule has 4 rings (SSSR count). The average Bonchev–Trinajstić information content (AvgIpc) is 2.90. The van der Waals surface area contributed by atoms with Gasteiger partial charge in [-0.15, -0.1) is 0 Å². The van der Waals surface area contributed by atoms with Crippen LogP contribution in [0.5, 0.6) is 0 Å². The molecule has 132 valence electrons. The first-order chi connectivity index (χ1) is 12.0. The highest BCUT2D eigenvalue weighted by atomic mass is 16.4. The number of carboxylic acids is 1. The normalized spacial score (nSPS) is 24.5. The molecule has 0 saturated heterocycles. The van der Waals surface area contributed by atoms with Crippen molar-refractivity contribution in [1.29, 1.82) is 0 Å². The summed E-state index contributed by atoms with van der Waals surface area (Å²) in [5.41, 5.74) is 5.24. The molecule has 0 radical (unpaired) electrons. The van der Waals surface area contributed by atoms with Crippen molar-refractivity contribution in [3.05, 3.63) is 34.5 Å². The molecular weight excluding hydrogens is 314 g/mol. The lowest BCUT2D eigenvalue weighted by molar-refractivity contribution is -0.141. The number of aliphatic carboxylic acids is 1. The molecule has 1 saturated carbocycles. The zero-order valence-corrected chi connectivity index (χ0v) is 14.9. The van der Waals surface area contributed by atoms with Gasteiger partial charge in [0.15, 0.2) is 5.78 Å². The highest BCUT2D eigenvalue weighted by Gasteiger charge is 2.53. The number of nitrogens with one attached hydrogen (secondary N) is 1. The molecule has 2 atom stereocenters. The highest BCUT2D eigenvalue weighted by molar-refractivity contribution is 6.00. The summed E-state index contributed by atoms with van der Waals surface area (Å²) in [5, 5.41) is 10.6. The minimum atomic E-state index is -0.714. The van der Waals surface area contributed by atoms with Crippen molar-refractivity contribution in [2.24, 2.45) is 5.92 Å². The number of aromatic nitrogens is 1. The number of fused-ring (bicyclic) bond motifs is 5. The van der Waals surface area contributed by atoms with Crippen LogP contribution in [0.4, 0.5) is 0 Å². The Balaban J connectivity index is 1.95. The third-order valence-corrected chi connectivity index (χ3v) is 6.45. The van der Waals surface area contributed by atoms with E-state index >= 15 is 0 Å². The monoisotopic (exact) mass is 339 g/mol. The van der Waals surface area contributed by atoms with Gasteiger partial charge in [0.2, 0.25) is 0 Å². The number of hydrogen-bond donors (Lipinski definition) is 2. The first kappa shape index (κ1) is 16.4. The largest absolute Gasteiger partial charge is 0.481 e. The number of aryl methyl sites for hydroxylation is 2. The molecule has 0 amide bonds. The fourth-order valence-corrected chi connectivity index (χ4v) is 5.13. The molecule has 2 N–H and O–H groups in total. The van der Waals surface area contributed by atoms with Crippen molar-refractivity contribution < 1.29 is 14.7 Å². The molecule has 0 bridgehead atoms. The lowest BCUT2D eigenvalue weighted by atomic mass is 9.52. The molecule has 2 aliphatic rings. The predicted molar refractivity (Wildman–Crippen MR) is 97.3 cm³/mol. The lowest BCUT2D eigenvalue weighted by Crippen LogP contribution is -2.49. The fraction of sp³-hybridized carbons (Fsp3) is 0.524. The topological polar surface area (TPSA) is 70.2 Å². The van der Waals surface area contributed by atoms with Gasteiger partial charge in [0, 0.05) is 27.6 Å². The summed E-state index contributed by atoms with van der Waals surface area (Å²) in [4.78, 5) is 27.2. The zero-order valence-electron chi connectivity index (χ0n) is 14.9. The molecule has 4 nitrogen and oxygen atoms in total. The molecular formula is C21H25NO3. The van der Waals surface area contributed by atoms with Gasteiger partial charge in [0.05, 0.1) is 6.42 Å². The van der Waals surface area contributed by atoms with Gasteiger partial charge in [-0.25, -0.2) is 0 Å². The standard InChI is InChI=1S/C21H25NO3/c1-3-4-13-9-14(12(2)23)10-17-16-6-5-15-7-8-21(15,11-18(24)25)20(16)22-19(13)17/h9-10,15,22H,3-8,11H2,1-2H3,(H,24,25)/t15-,21-/m1/s1. The van der Waals surface area contributed by atoms with E-state index in [9.17, 15) is 14.7 Å². The molecule has 2 aliphatic carbocycles. The van der Waals surface area contributed by atoms with E-state index < -0.39 is 5.97 Å². The number of hydrogen-bond acceptors (Lipinski definition) is 2. The third-order valence-electron chi connectivity index (χ3n) is 6.45. The third kappa shape index (κ3) is 2.34. The quantitative estimate of drug-likeness (QED) is 0.794. The second-order valence-electron chi connectivity index (χ2n) is 7.84. The van der Waals surface area contributed by atoms with Gasteiger partial charge in [-0.2, -0.15) is 0 Å². The van der Waals surface area contributed by atoms with E-state index in [4.69, 9.17) is 0 Å². The first-order valence-corrected chi connectivity index (χ1v) is 9.37. The van der Waals surface area contributed by atoms with Gasteiger partial charge in [-0.1, -0.05) is 13.3 Å². The van der Waals surface area contributed by atoms with Crippen LogP contribution in [0, 0.1) is 5.92 Å². The Hall–Kier alpha value is -2.10. The first-order valence-electron chi connectivity index (χ1n) is 9.37. The van der Waals surface area contributed by atoms with Crippen LogP contribution in [-0.2, 0) is 23.1 Å². The number of carbonyl (C=O) groups excluding carboxylic acids is 1. The van der Waals surface area contributed by atoms with Crippen LogP contribution in [-0.4, -0.2) is 21.8 Å². The summed E-state index contributed by atoms with van der Waals surface area (Å²) in [7, 11) is 0. The number of benzene rings is 1. The fourth-order valence-electron chi connectivity index (χ4n) is 5.13. The molecule has 1 fully saturated rings. The smallest absolute Gasteiger partial charge is 0.304 e. The summed E-state index contributed by atoms with van der Waals surface area (Å²) < 4.78 is 0. The van der Waals surface area contributed by atoms with Gasteiger partial charge < -0.3 is 10.1 Å². The minimum absolute atomic E-state index is 0.0896. The van der Waals surface area contributed by atoms with Crippen LogP contribution in [0.2, 0.25) is 0 Å². The number of Topliss-reactive ketones (excluding diaryl/α,β-unsaturated/α-hetero) is 1. The van der Waals surface area contributed by atoms with Gasteiger partial charge in [0.25, 0.3) is 0 Å². The van der Waals surface area contributed by atoms with E-state index in [1.165, 1.54) is 11.1 Å². The Kier molecular flexibility index (Phi) is 3.75. The van der Waals surface area contributed by atoms with E-state index in [-0.39, 0.29) is 17.6 Å². The van der Waals surface area contributed by atoms with Crippen molar-refractivity contribution >= 4 is 22.7 Å². The van der Waals surface area contributed by atoms with Crippen LogP contribution in [0.3, 0.4) is 0 Å². The lowest BCUT2D eigenvalue weighted by Gasteiger charge is -2.52. The Bertz CT molecular complexity index is 879. The van der Waals surface area contributed by atoms with Crippen molar-refractivity contribution in [3.8, 4) is 0 Å². The number of ketones is 1. The van der Waals surface area contributed by atoms with Crippen molar-refractivity contribution in [3.63, 3.8) is 0 Å². The summed E-state index contributed by atoms with van der Waals surface area (Å²) in [6.45, 7) is 3.76. The molecule has 0 unspecified atom stereocenters. The van der Waals surface area contributed by atoms with Crippen LogP contribution < -0.4 is 0 Å². The zero-order chi connectivity index (χ0) is 17.8. The van der Waals surface area contributed by atoms with Crippen molar-refractivity contribution in [1.82, 2.24) is 4.98 Å². The predicted octanol–water partition coefficient (Wildman–Crippen LogP) is 4.39. The Morgan fingerprint density at radius 2 is 2.12 bits per heavy atom. The number of H-pyrrole nitrogens is 1. The van der Waals surface area contributed by atoms with E-state index in [0.717, 1.165) is 60.7 Å². The minimum Gasteiger partial charge on any atom is -0.481 e. The van der Waals surface area contributed by atoms with Crippen molar-refractivity contribution in [2.75, 3.05) is 0 Å². The van der Waals surface area contributed by atoms with E-state index in [1.807, 2.05) is 12.1 Å². The van der Waals surface area contributed by atoms with Gasteiger partial charge in [-0.3, -0.25) is 9.59 Å². The van der Waals surface area contributed by atoms with Crippen LogP contribution in [0.15, 0.2) is 12.1 Å². The summed E-state index contributed by atoms with van der Waals surface area (Å²) >= 11 is 0. The maximum absolute atomic E-state index is 12.0. The van der Waals surface area contributed by atoms with Crippen LogP contribution >= 0.6 is 0 Å². The molecule has 25 heavy (non-hydrogen) atoms. The number of aromatic amines is 1. The van der Waals surface area contributed by atoms with Gasteiger partial charge in [-0.05, 0) is 68.2 Å². The van der Waals surface area contributed by atoms with E-state index in [2.05, 4.69) is 11.9 Å². The van der Waals surface area contributed by atoms with Crippen LogP contribution in [0.25, 0.3) is 10.9 Å². The number of rotatable bonds is 5. The molecule has 0 spiro atoms. The number of carboxylic acid groups (broad SMARTS) is 1. The molecule has 0 aliphatic heterocycles. The maximum Gasteiger partial charge on any atom is 0.304 e. The van der Waals surface area contributed by atoms with E-state index in [0.29, 0.717) is 5.92 Å². The highest BCUT2D eigenvalue weighted by Crippen LogP contribution is 2.57. The number of carbonyl (C=O) groups is 2. The Morgan fingerprint density at radius 3 is 2.72 bits per heavy atom. The maximum atomic E-state index is 12.0. The van der Waals surface area contributed by atoms with Crippen molar-refractivity contribution in [2.45, 2.75) is 64.2 Å². The van der Waals surface area contributed by atoms with Gasteiger partial charge >= 0.3 is 5.97 Å². The van der Waals surface area contributed by atoms with Crippen LogP contribution in [0.1, 0.15) is 73.1 Å². The summed E-state index contributed by atoms with van der Waals surface area (Å²) in [5.74, 6) is -0.146. The molecule has 2 aromatic rings. The SMILES string of the molecule is CCCc1cc(C(C)=O)cc2c3c([nH]c12)[C@@]1(CC(=O)O)CC[C@H]1CC3. The van der Waals surface area contributed by atoms with Gasteiger partial charge in [0.1, 0.15) is 0 Å². The molecule has 4 heteroatoms. The molecule has 1 aromatic carbocycles. The molecule has 1 aromatic heterocycles. The Morgan fingerprint density at radius 1 is 1.32 bits per heavy atom. The molecule has 1 heterocycles. The summed E-state index contributed by atoms with van der Waals surface area (Å²) in [6.07, 6.45) is 6.26. The average molecular weight is 339 g/mol. The van der Waals surface area contributed by atoms with E-state index in [1.54, 1.807) is 6.92 Å².